The summed E-state index contributed by atoms with van der Waals surface area (Å²) in [6.45, 7) is 2.19. The van der Waals surface area contributed by atoms with Gasteiger partial charge in [-0.05, 0) is 53.8 Å². The van der Waals surface area contributed by atoms with Crippen LogP contribution >= 0.6 is 0 Å². The van der Waals surface area contributed by atoms with Gasteiger partial charge in [0.15, 0.2) is 11.6 Å². The lowest BCUT2D eigenvalue weighted by molar-refractivity contribution is 0.0981. The van der Waals surface area contributed by atoms with Gasteiger partial charge in [-0.25, -0.2) is 0 Å². The first-order chi connectivity index (χ1) is 18.6. The maximum atomic E-state index is 14.2. The lowest BCUT2D eigenvalue weighted by Gasteiger charge is -2.16. The molecule has 0 spiro atoms. The number of aromatic nitrogens is 1. The van der Waals surface area contributed by atoms with E-state index in [0.29, 0.717) is 33.6 Å². The van der Waals surface area contributed by atoms with Crippen molar-refractivity contribution in [3.63, 3.8) is 0 Å². The Morgan fingerprint density at radius 1 is 0.632 bits per heavy atom. The Hall–Kier alpha value is -4.70. The molecule has 0 saturated carbocycles. The fourth-order valence-corrected chi connectivity index (χ4v) is 5.40. The second-order valence-electron chi connectivity index (χ2n) is 9.74. The lowest BCUT2D eigenvalue weighted by atomic mass is 9.82. The summed E-state index contributed by atoms with van der Waals surface area (Å²) >= 11 is 0. The zero-order valence-corrected chi connectivity index (χ0v) is 21.3. The third-order valence-corrected chi connectivity index (χ3v) is 7.29. The van der Waals surface area contributed by atoms with Gasteiger partial charge in [0.1, 0.15) is 0 Å². The summed E-state index contributed by atoms with van der Waals surface area (Å²) in [5, 5.41) is 0. The highest BCUT2D eigenvalue weighted by atomic mass is 16.1. The van der Waals surface area contributed by atoms with Crippen LogP contribution in [0.4, 0.5) is 5.69 Å². The summed E-state index contributed by atoms with van der Waals surface area (Å²) in [4.78, 5) is 28.3. The number of nitrogens with two attached hydrogens (primary N) is 1. The van der Waals surface area contributed by atoms with Crippen LogP contribution in [0.25, 0.3) is 28.2 Å². The minimum Gasteiger partial charge on any atom is -0.399 e. The van der Waals surface area contributed by atoms with E-state index in [4.69, 9.17) is 5.73 Å². The van der Waals surface area contributed by atoms with Crippen LogP contribution < -0.4 is 5.73 Å². The average molecular weight is 497 g/mol. The number of carbonyl (C=O) groups excluding carboxylic acids is 2. The first-order valence-corrected chi connectivity index (χ1v) is 13.1. The second-order valence-corrected chi connectivity index (χ2v) is 9.74. The van der Waals surface area contributed by atoms with Crippen molar-refractivity contribution in [1.29, 1.82) is 0 Å². The van der Waals surface area contributed by atoms with Crippen molar-refractivity contribution < 1.29 is 9.59 Å². The first kappa shape index (κ1) is 23.7. The highest BCUT2D eigenvalue weighted by Gasteiger charge is 2.39. The van der Waals surface area contributed by atoms with Gasteiger partial charge < -0.3 is 10.3 Å². The average Bonchev–Trinajstić information content (AvgIpc) is 3.32. The number of nitrogen functional groups attached to an aromatic ring is 1. The van der Waals surface area contributed by atoms with E-state index >= 15 is 0 Å². The number of hydrogen-bond donors (Lipinski definition) is 1. The Kier molecular flexibility index (Phi) is 6.01. The summed E-state index contributed by atoms with van der Waals surface area (Å²) in [6.07, 6.45) is 3.26. The summed E-state index contributed by atoms with van der Waals surface area (Å²) in [5.74, 6) is -0.268. The quantitative estimate of drug-likeness (QED) is 0.243. The lowest BCUT2D eigenvalue weighted by Crippen LogP contribution is -2.20. The monoisotopic (exact) mass is 496 g/mol. The standard InChI is InChI=1S/C34H28N2O2/c1-2-3-9-22-14-16-24(17-15-22)32-30-29(33(37)27-12-7-8-13-28(27)34(30)38)31(23-10-5-4-6-11-23)36(32)26-20-18-25(35)19-21-26/h4-8,10-21H,2-3,9,35H2,1H3. The van der Waals surface area contributed by atoms with Crippen molar-refractivity contribution in [2.75, 3.05) is 5.73 Å². The number of hydrogen-bond acceptors (Lipinski definition) is 3. The van der Waals surface area contributed by atoms with Gasteiger partial charge in [-0.3, -0.25) is 9.59 Å². The zero-order chi connectivity index (χ0) is 26.2. The number of aryl methyl sites for hydroxylation is 1. The molecule has 0 atom stereocenters. The Morgan fingerprint density at radius 2 is 1.16 bits per heavy atom. The number of ketones is 2. The molecule has 186 valence electrons. The molecule has 4 heteroatoms. The molecule has 0 bridgehead atoms. The molecule has 1 heterocycles. The van der Waals surface area contributed by atoms with Crippen LogP contribution in [0.1, 0.15) is 57.2 Å². The normalized spacial score (nSPS) is 12.3. The summed E-state index contributed by atoms with van der Waals surface area (Å²) in [6, 6.07) is 32.9. The van der Waals surface area contributed by atoms with Crippen molar-refractivity contribution in [3.05, 3.63) is 131 Å². The van der Waals surface area contributed by atoms with Crippen LogP contribution in [-0.4, -0.2) is 16.1 Å². The van der Waals surface area contributed by atoms with E-state index in [1.807, 2.05) is 66.7 Å². The molecule has 1 aromatic heterocycles. The van der Waals surface area contributed by atoms with Gasteiger partial charge in [0.25, 0.3) is 0 Å². The Bertz CT molecular complexity index is 1660. The molecule has 0 radical (unpaired) electrons. The molecule has 0 unspecified atom stereocenters. The molecule has 4 aromatic carbocycles. The van der Waals surface area contributed by atoms with Crippen molar-refractivity contribution in [2.24, 2.45) is 0 Å². The highest BCUT2D eigenvalue weighted by Crippen LogP contribution is 2.44. The Balaban J connectivity index is 1.71. The van der Waals surface area contributed by atoms with Crippen LogP contribution in [0.3, 0.4) is 0 Å². The van der Waals surface area contributed by atoms with E-state index in [1.165, 1.54) is 5.56 Å². The van der Waals surface area contributed by atoms with Crippen LogP contribution in [0.5, 0.6) is 0 Å². The first-order valence-electron chi connectivity index (χ1n) is 13.1. The molecule has 4 nitrogen and oxygen atoms in total. The minimum atomic E-state index is -0.135. The van der Waals surface area contributed by atoms with E-state index < -0.39 is 0 Å². The summed E-state index contributed by atoms with van der Waals surface area (Å²) in [7, 11) is 0. The van der Waals surface area contributed by atoms with Crippen molar-refractivity contribution in [3.8, 4) is 28.2 Å². The molecule has 38 heavy (non-hydrogen) atoms. The second kappa shape index (κ2) is 9.64. The molecular weight excluding hydrogens is 468 g/mol. The van der Waals surface area contributed by atoms with Gasteiger partial charge in [0, 0.05) is 22.5 Å². The van der Waals surface area contributed by atoms with Crippen molar-refractivity contribution >= 4 is 17.3 Å². The number of anilines is 1. The maximum Gasteiger partial charge on any atom is 0.196 e. The third-order valence-electron chi connectivity index (χ3n) is 7.29. The van der Waals surface area contributed by atoms with E-state index in [-0.39, 0.29) is 11.6 Å². The molecule has 0 saturated heterocycles. The fraction of sp³-hybridized carbons (Fsp3) is 0.118. The number of carbonyl (C=O) groups is 2. The maximum absolute atomic E-state index is 14.2. The topological polar surface area (TPSA) is 65.1 Å². The molecule has 6 rings (SSSR count). The third kappa shape index (κ3) is 3.86. The molecule has 0 aliphatic heterocycles. The van der Waals surface area contributed by atoms with E-state index in [2.05, 4.69) is 35.8 Å². The predicted molar refractivity (Wildman–Crippen MR) is 153 cm³/mol. The molecule has 0 amide bonds. The number of unbranched alkanes of at least 4 members (excludes halogenated alkanes) is 1. The summed E-state index contributed by atoms with van der Waals surface area (Å²) in [5.41, 5.74) is 13.8. The number of fused-ring (bicyclic) bond motifs is 2. The SMILES string of the molecule is CCCCc1ccc(-c2c3c(c(-c4ccccc4)n2-c2ccc(N)cc2)C(=O)c2ccccc2C3=O)cc1. The van der Waals surface area contributed by atoms with E-state index in [0.717, 1.165) is 41.8 Å². The van der Waals surface area contributed by atoms with Gasteiger partial charge >= 0.3 is 0 Å². The van der Waals surface area contributed by atoms with Crippen LogP contribution in [0.2, 0.25) is 0 Å². The molecule has 5 aromatic rings. The van der Waals surface area contributed by atoms with Crippen LogP contribution in [0, 0.1) is 0 Å². The summed E-state index contributed by atoms with van der Waals surface area (Å²) < 4.78 is 2.06. The predicted octanol–water partition coefficient (Wildman–Crippen LogP) is 7.51. The Labute approximate surface area is 222 Å². The zero-order valence-electron chi connectivity index (χ0n) is 21.3. The smallest absolute Gasteiger partial charge is 0.196 e. The minimum absolute atomic E-state index is 0.133. The van der Waals surface area contributed by atoms with Crippen LogP contribution in [0.15, 0.2) is 103 Å². The molecule has 2 N–H and O–H groups in total. The van der Waals surface area contributed by atoms with Crippen molar-refractivity contribution in [2.45, 2.75) is 26.2 Å². The van der Waals surface area contributed by atoms with Gasteiger partial charge in [0.2, 0.25) is 0 Å². The van der Waals surface area contributed by atoms with E-state index in [1.54, 1.807) is 12.1 Å². The van der Waals surface area contributed by atoms with E-state index in [9.17, 15) is 9.59 Å². The van der Waals surface area contributed by atoms with Gasteiger partial charge in [-0.2, -0.15) is 0 Å². The molecule has 1 aliphatic rings. The van der Waals surface area contributed by atoms with Crippen molar-refractivity contribution in [1.82, 2.24) is 4.57 Å². The van der Waals surface area contributed by atoms with Gasteiger partial charge in [-0.15, -0.1) is 0 Å². The molecule has 1 aliphatic carbocycles. The Morgan fingerprint density at radius 3 is 1.71 bits per heavy atom. The van der Waals surface area contributed by atoms with Gasteiger partial charge in [0.05, 0.1) is 22.5 Å². The number of rotatable bonds is 6. The van der Waals surface area contributed by atoms with Gasteiger partial charge in [-0.1, -0.05) is 92.2 Å². The largest absolute Gasteiger partial charge is 0.399 e. The molecular formula is C34H28N2O2. The highest BCUT2D eigenvalue weighted by molar-refractivity contribution is 6.32. The van der Waals surface area contributed by atoms with Crippen LogP contribution in [-0.2, 0) is 6.42 Å². The number of nitrogens with zero attached hydrogens (tertiary/aromatic N) is 1. The fourth-order valence-electron chi connectivity index (χ4n) is 5.40. The number of benzene rings is 4. The molecule has 0 fully saturated rings.